The SMILES string of the molecule is COc1cccc([C@H]2C(C(=O)OC(C)C)=C(C)Nc3nc4ccccc4n32)c1. The Hall–Kier alpha value is -3.28. The number of imidazole rings is 1. The van der Waals surface area contributed by atoms with Crippen LogP contribution in [0.4, 0.5) is 5.95 Å². The van der Waals surface area contributed by atoms with Crippen molar-refractivity contribution in [1.29, 1.82) is 0 Å². The molecule has 6 heteroatoms. The zero-order chi connectivity index (χ0) is 19.8. The number of carbonyl (C=O) groups excluding carboxylic acids is 1. The molecule has 1 N–H and O–H groups in total. The van der Waals surface area contributed by atoms with Gasteiger partial charge in [0.2, 0.25) is 5.95 Å². The molecule has 3 aromatic rings. The van der Waals surface area contributed by atoms with E-state index in [0.717, 1.165) is 28.0 Å². The number of hydrogen-bond donors (Lipinski definition) is 1. The van der Waals surface area contributed by atoms with E-state index in [4.69, 9.17) is 14.5 Å². The van der Waals surface area contributed by atoms with Crippen molar-refractivity contribution in [3.63, 3.8) is 0 Å². The van der Waals surface area contributed by atoms with Crippen LogP contribution >= 0.6 is 0 Å². The van der Waals surface area contributed by atoms with Crippen molar-refractivity contribution < 1.29 is 14.3 Å². The van der Waals surface area contributed by atoms with Gasteiger partial charge in [-0.1, -0.05) is 24.3 Å². The van der Waals surface area contributed by atoms with Crippen LogP contribution in [0.15, 0.2) is 59.8 Å². The van der Waals surface area contributed by atoms with Gasteiger partial charge in [-0.05, 0) is 50.6 Å². The molecule has 4 rings (SSSR count). The first-order valence-corrected chi connectivity index (χ1v) is 9.29. The quantitative estimate of drug-likeness (QED) is 0.687. The summed E-state index contributed by atoms with van der Waals surface area (Å²) in [7, 11) is 1.63. The predicted molar refractivity (Wildman–Crippen MR) is 108 cm³/mol. The summed E-state index contributed by atoms with van der Waals surface area (Å²) in [5, 5.41) is 3.28. The number of rotatable bonds is 4. The van der Waals surface area contributed by atoms with Gasteiger partial charge in [-0.2, -0.15) is 0 Å². The van der Waals surface area contributed by atoms with Gasteiger partial charge >= 0.3 is 5.97 Å². The second kappa shape index (κ2) is 7.03. The maximum Gasteiger partial charge on any atom is 0.338 e. The van der Waals surface area contributed by atoms with E-state index in [1.54, 1.807) is 7.11 Å². The normalized spacial score (nSPS) is 16.1. The molecule has 0 bridgehead atoms. The van der Waals surface area contributed by atoms with E-state index in [1.165, 1.54) is 0 Å². The van der Waals surface area contributed by atoms with Gasteiger partial charge in [0.15, 0.2) is 0 Å². The standard InChI is InChI=1S/C22H23N3O3/c1-13(2)28-21(26)19-14(3)23-22-24-17-10-5-6-11-18(17)25(22)20(19)15-8-7-9-16(12-15)27-4/h5-13,20H,1-4H3,(H,23,24)/t20-/m0/s1. The molecule has 1 atom stereocenters. The van der Waals surface area contributed by atoms with Gasteiger partial charge in [-0.3, -0.25) is 4.57 Å². The molecule has 0 fully saturated rings. The van der Waals surface area contributed by atoms with Gasteiger partial charge in [0.1, 0.15) is 5.75 Å². The average Bonchev–Trinajstić information content (AvgIpc) is 3.04. The summed E-state index contributed by atoms with van der Waals surface area (Å²) in [6.45, 7) is 5.58. The minimum Gasteiger partial charge on any atom is -0.497 e. The average molecular weight is 377 g/mol. The summed E-state index contributed by atoms with van der Waals surface area (Å²) < 4.78 is 13.0. The highest BCUT2D eigenvalue weighted by Crippen LogP contribution is 2.40. The molecule has 0 saturated heterocycles. The lowest BCUT2D eigenvalue weighted by Gasteiger charge is -2.30. The number of hydrogen-bond acceptors (Lipinski definition) is 5. The summed E-state index contributed by atoms with van der Waals surface area (Å²) >= 11 is 0. The Balaban J connectivity index is 1.96. The van der Waals surface area contributed by atoms with Crippen LogP contribution in [0.2, 0.25) is 0 Å². The lowest BCUT2D eigenvalue weighted by molar-refractivity contribution is -0.143. The van der Waals surface area contributed by atoms with E-state index in [1.807, 2.05) is 73.9 Å². The van der Waals surface area contributed by atoms with Crippen LogP contribution in [0.1, 0.15) is 32.4 Å². The van der Waals surface area contributed by atoms with Crippen molar-refractivity contribution in [2.45, 2.75) is 32.9 Å². The highest BCUT2D eigenvalue weighted by molar-refractivity contribution is 5.94. The van der Waals surface area contributed by atoms with E-state index < -0.39 is 0 Å². The molecular formula is C22H23N3O3. The summed E-state index contributed by atoms with van der Waals surface area (Å²) in [5.74, 6) is 1.10. The first-order chi connectivity index (χ1) is 13.5. The molecule has 1 aliphatic rings. The second-order valence-electron chi connectivity index (χ2n) is 7.09. The maximum absolute atomic E-state index is 13.0. The van der Waals surface area contributed by atoms with Gasteiger partial charge in [0.25, 0.3) is 0 Å². The van der Waals surface area contributed by atoms with Gasteiger partial charge in [0, 0.05) is 5.70 Å². The molecule has 0 spiro atoms. The number of allylic oxidation sites excluding steroid dienone is 1. The number of ether oxygens (including phenoxy) is 2. The number of fused-ring (bicyclic) bond motifs is 3. The summed E-state index contributed by atoms with van der Waals surface area (Å²) in [6.07, 6.45) is -0.209. The lowest BCUT2D eigenvalue weighted by Crippen LogP contribution is -2.30. The molecule has 1 aromatic heterocycles. The molecule has 0 saturated carbocycles. The van der Waals surface area contributed by atoms with E-state index >= 15 is 0 Å². The summed E-state index contributed by atoms with van der Waals surface area (Å²) in [6, 6.07) is 15.3. The molecule has 6 nitrogen and oxygen atoms in total. The van der Waals surface area contributed by atoms with Crippen molar-refractivity contribution in [3.8, 4) is 5.75 Å². The summed E-state index contributed by atoms with van der Waals surface area (Å²) in [5.41, 5.74) is 4.04. The number of nitrogens with zero attached hydrogens (tertiary/aromatic N) is 2. The number of anilines is 1. The highest BCUT2D eigenvalue weighted by Gasteiger charge is 2.35. The number of carbonyl (C=O) groups is 1. The van der Waals surface area contributed by atoms with Crippen LogP contribution in [-0.2, 0) is 9.53 Å². The molecule has 0 aliphatic carbocycles. The fraction of sp³-hybridized carbons (Fsp3) is 0.273. The van der Waals surface area contributed by atoms with Crippen LogP contribution < -0.4 is 10.1 Å². The minimum atomic E-state index is -0.370. The van der Waals surface area contributed by atoms with Crippen LogP contribution in [0.25, 0.3) is 11.0 Å². The number of para-hydroxylation sites is 2. The topological polar surface area (TPSA) is 65.4 Å². The van der Waals surface area contributed by atoms with E-state index in [-0.39, 0.29) is 18.1 Å². The van der Waals surface area contributed by atoms with Crippen molar-refractivity contribution in [1.82, 2.24) is 9.55 Å². The number of benzene rings is 2. The minimum absolute atomic E-state index is 0.209. The third kappa shape index (κ3) is 3.01. The molecule has 2 heterocycles. The zero-order valence-electron chi connectivity index (χ0n) is 16.4. The monoisotopic (exact) mass is 377 g/mol. The lowest BCUT2D eigenvalue weighted by atomic mass is 9.95. The Kier molecular flexibility index (Phi) is 4.55. The van der Waals surface area contributed by atoms with Crippen molar-refractivity contribution >= 4 is 23.0 Å². The predicted octanol–water partition coefficient (Wildman–Crippen LogP) is 4.29. The van der Waals surface area contributed by atoms with E-state index in [0.29, 0.717) is 11.5 Å². The molecule has 0 unspecified atom stereocenters. The molecule has 0 radical (unpaired) electrons. The van der Waals surface area contributed by atoms with Crippen LogP contribution in [0.3, 0.4) is 0 Å². The number of esters is 1. The van der Waals surface area contributed by atoms with Crippen molar-refractivity contribution in [3.05, 3.63) is 65.4 Å². The maximum atomic E-state index is 13.0. The molecule has 28 heavy (non-hydrogen) atoms. The highest BCUT2D eigenvalue weighted by atomic mass is 16.5. The van der Waals surface area contributed by atoms with E-state index in [9.17, 15) is 4.79 Å². The molecule has 2 aromatic carbocycles. The fourth-order valence-electron chi connectivity index (χ4n) is 3.63. The van der Waals surface area contributed by atoms with Gasteiger partial charge < -0.3 is 14.8 Å². The van der Waals surface area contributed by atoms with Gasteiger partial charge in [-0.15, -0.1) is 0 Å². The van der Waals surface area contributed by atoms with Crippen molar-refractivity contribution in [2.75, 3.05) is 12.4 Å². The molecule has 1 aliphatic heterocycles. The number of aromatic nitrogens is 2. The Bertz CT molecular complexity index is 1080. The van der Waals surface area contributed by atoms with Crippen molar-refractivity contribution in [2.24, 2.45) is 0 Å². The van der Waals surface area contributed by atoms with Crippen LogP contribution in [-0.4, -0.2) is 28.7 Å². The Morgan fingerprint density at radius 1 is 1.18 bits per heavy atom. The Morgan fingerprint density at radius 3 is 2.71 bits per heavy atom. The molecular weight excluding hydrogens is 354 g/mol. The summed E-state index contributed by atoms with van der Waals surface area (Å²) in [4.78, 5) is 17.8. The van der Waals surface area contributed by atoms with Gasteiger partial charge in [-0.25, -0.2) is 9.78 Å². The largest absolute Gasteiger partial charge is 0.497 e. The third-order valence-corrected chi connectivity index (χ3v) is 4.80. The van der Waals surface area contributed by atoms with E-state index in [2.05, 4.69) is 5.32 Å². The molecule has 0 amide bonds. The fourth-order valence-corrected chi connectivity index (χ4v) is 3.63. The number of nitrogens with one attached hydrogen (secondary N) is 1. The first-order valence-electron chi connectivity index (χ1n) is 9.29. The molecule has 144 valence electrons. The third-order valence-electron chi connectivity index (χ3n) is 4.80. The Morgan fingerprint density at radius 2 is 1.96 bits per heavy atom. The smallest absolute Gasteiger partial charge is 0.338 e. The number of methoxy groups -OCH3 is 1. The second-order valence-corrected chi connectivity index (χ2v) is 7.09. The zero-order valence-corrected chi connectivity index (χ0v) is 16.4. The van der Waals surface area contributed by atoms with Crippen LogP contribution in [0.5, 0.6) is 5.75 Å². The van der Waals surface area contributed by atoms with Crippen LogP contribution in [0, 0.1) is 0 Å². The van der Waals surface area contributed by atoms with Gasteiger partial charge in [0.05, 0.1) is 35.9 Å². The first kappa shape index (κ1) is 18.1. The Labute approximate surface area is 163 Å².